The maximum atomic E-state index is 9.20. The Morgan fingerprint density at radius 2 is 2.50 bits per heavy atom. The smallest absolute Gasteiger partial charge is 0.0539 e. The van der Waals surface area contributed by atoms with Crippen molar-refractivity contribution < 1.29 is 5.11 Å². The van der Waals surface area contributed by atoms with E-state index in [4.69, 9.17) is 0 Å². The quantitative estimate of drug-likeness (QED) is 0.666. The number of rotatable bonds is 3. The second-order valence-corrected chi connectivity index (χ2v) is 3.57. The van der Waals surface area contributed by atoms with Crippen LogP contribution in [-0.4, -0.2) is 18.3 Å². The van der Waals surface area contributed by atoms with Crippen LogP contribution in [0.1, 0.15) is 20.3 Å². The summed E-state index contributed by atoms with van der Waals surface area (Å²) >= 11 is 0. The maximum Gasteiger partial charge on any atom is 0.0539 e. The van der Waals surface area contributed by atoms with Crippen molar-refractivity contribution in [3.05, 3.63) is 23.9 Å². The Kier molecular flexibility index (Phi) is 2.58. The summed E-state index contributed by atoms with van der Waals surface area (Å²) in [7, 11) is 0. The Morgan fingerprint density at radius 3 is 2.75 bits per heavy atom. The summed E-state index contributed by atoms with van der Waals surface area (Å²) in [5.41, 5.74) is 2.08. The summed E-state index contributed by atoms with van der Waals surface area (Å²) in [5, 5.41) is 12.5. The van der Waals surface area contributed by atoms with Gasteiger partial charge in [-0.1, -0.05) is 19.6 Å². The summed E-state index contributed by atoms with van der Waals surface area (Å²) in [6, 6.07) is 0. The summed E-state index contributed by atoms with van der Waals surface area (Å²) < 4.78 is 0. The van der Waals surface area contributed by atoms with E-state index < -0.39 is 0 Å². The zero-order valence-corrected chi connectivity index (χ0v) is 7.85. The van der Waals surface area contributed by atoms with E-state index in [1.54, 1.807) is 0 Å². The van der Waals surface area contributed by atoms with E-state index in [0.717, 1.165) is 24.2 Å². The molecule has 0 amide bonds. The van der Waals surface area contributed by atoms with Gasteiger partial charge in [0.1, 0.15) is 0 Å². The zero-order valence-electron chi connectivity index (χ0n) is 7.85. The van der Waals surface area contributed by atoms with Gasteiger partial charge in [-0.3, -0.25) is 0 Å². The number of hydrogen-bond acceptors (Lipinski definition) is 2. The van der Waals surface area contributed by atoms with E-state index in [-0.39, 0.29) is 12.0 Å². The second kappa shape index (κ2) is 3.31. The van der Waals surface area contributed by atoms with Crippen LogP contribution in [0, 0.1) is 5.41 Å². The number of hydrogen-bond donors (Lipinski definition) is 2. The standard InChI is InChI=1S/C10H17NO/c1-4-10(7-12)5-9(8(2)3)11-6-10/h5,11-12H,2,4,6-7H2,1,3H3. The SMILES string of the molecule is C=C(C)C1=CC(CC)(CO)CN1. The van der Waals surface area contributed by atoms with Crippen LogP contribution in [0.2, 0.25) is 0 Å². The molecule has 2 nitrogen and oxygen atoms in total. The number of allylic oxidation sites excluding steroid dienone is 1. The molecule has 0 spiro atoms. The molecule has 1 atom stereocenters. The minimum absolute atomic E-state index is 0.0473. The molecule has 12 heavy (non-hydrogen) atoms. The highest BCUT2D eigenvalue weighted by atomic mass is 16.3. The predicted molar refractivity (Wildman–Crippen MR) is 50.7 cm³/mol. The van der Waals surface area contributed by atoms with Gasteiger partial charge in [-0.05, 0) is 18.9 Å². The van der Waals surface area contributed by atoms with Gasteiger partial charge in [-0.15, -0.1) is 0 Å². The van der Waals surface area contributed by atoms with E-state index in [9.17, 15) is 5.11 Å². The largest absolute Gasteiger partial charge is 0.395 e. The normalized spacial score (nSPS) is 28.1. The fraction of sp³-hybridized carbons (Fsp3) is 0.600. The second-order valence-electron chi connectivity index (χ2n) is 3.57. The lowest BCUT2D eigenvalue weighted by molar-refractivity contribution is 0.173. The lowest BCUT2D eigenvalue weighted by Gasteiger charge is -2.20. The van der Waals surface area contributed by atoms with Gasteiger partial charge in [0.05, 0.1) is 6.61 Å². The third kappa shape index (κ3) is 1.53. The van der Waals surface area contributed by atoms with Gasteiger partial charge in [-0.25, -0.2) is 0 Å². The fourth-order valence-electron chi connectivity index (χ4n) is 1.39. The summed E-state index contributed by atoms with van der Waals surface area (Å²) in [4.78, 5) is 0. The van der Waals surface area contributed by atoms with Crippen LogP contribution < -0.4 is 5.32 Å². The van der Waals surface area contributed by atoms with Crippen molar-refractivity contribution >= 4 is 0 Å². The molecule has 0 radical (unpaired) electrons. The molecule has 2 heteroatoms. The van der Waals surface area contributed by atoms with Crippen molar-refractivity contribution in [2.75, 3.05) is 13.2 Å². The van der Waals surface area contributed by atoms with Crippen molar-refractivity contribution in [1.82, 2.24) is 5.32 Å². The monoisotopic (exact) mass is 167 g/mol. The van der Waals surface area contributed by atoms with Gasteiger partial charge in [-0.2, -0.15) is 0 Å². The minimum Gasteiger partial charge on any atom is -0.395 e. The Bertz CT molecular complexity index is 214. The molecule has 68 valence electrons. The molecule has 0 aromatic carbocycles. The zero-order chi connectivity index (χ0) is 9.19. The molecular formula is C10H17NO. The van der Waals surface area contributed by atoms with Crippen molar-refractivity contribution in [2.45, 2.75) is 20.3 Å². The van der Waals surface area contributed by atoms with Crippen LogP contribution >= 0.6 is 0 Å². The maximum absolute atomic E-state index is 9.20. The molecule has 0 aromatic heterocycles. The summed E-state index contributed by atoms with van der Waals surface area (Å²) in [6.45, 7) is 8.98. The van der Waals surface area contributed by atoms with Crippen LogP contribution in [-0.2, 0) is 0 Å². The van der Waals surface area contributed by atoms with Gasteiger partial charge >= 0.3 is 0 Å². The van der Waals surface area contributed by atoms with E-state index in [1.165, 1.54) is 0 Å². The van der Waals surface area contributed by atoms with Crippen LogP contribution in [0.3, 0.4) is 0 Å². The molecule has 0 aromatic rings. The van der Waals surface area contributed by atoms with E-state index in [0.29, 0.717) is 0 Å². The third-order valence-corrected chi connectivity index (χ3v) is 2.56. The number of aliphatic hydroxyl groups excluding tert-OH is 1. The summed E-state index contributed by atoms with van der Waals surface area (Å²) in [5.74, 6) is 0. The van der Waals surface area contributed by atoms with Crippen LogP contribution in [0.25, 0.3) is 0 Å². The van der Waals surface area contributed by atoms with Gasteiger partial charge in [0.15, 0.2) is 0 Å². The molecule has 0 fully saturated rings. The Balaban J connectivity index is 2.80. The highest BCUT2D eigenvalue weighted by Crippen LogP contribution is 2.30. The molecule has 1 rings (SSSR count). The molecular weight excluding hydrogens is 150 g/mol. The first-order valence-corrected chi connectivity index (χ1v) is 4.37. The van der Waals surface area contributed by atoms with Gasteiger partial charge < -0.3 is 10.4 Å². The Morgan fingerprint density at radius 1 is 1.83 bits per heavy atom. The molecule has 0 bridgehead atoms. The molecule has 1 aliphatic rings. The molecule has 2 N–H and O–H groups in total. The van der Waals surface area contributed by atoms with Crippen LogP contribution in [0.15, 0.2) is 23.9 Å². The Hall–Kier alpha value is -0.760. The topological polar surface area (TPSA) is 32.3 Å². The van der Waals surface area contributed by atoms with Gasteiger partial charge in [0.2, 0.25) is 0 Å². The highest BCUT2D eigenvalue weighted by Gasteiger charge is 2.30. The highest BCUT2D eigenvalue weighted by molar-refractivity contribution is 5.31. The van der Waals surface area contributed by atoms with E-state index in [2.05, 4.69) is 24.9 Å². The molecule has 1 heterocycles. The molecule has 0 aliphatic carbocycles. The predicted octanol–water partition coefficient (Wildman–Crippen LogP) is 1.44. The molecule has 0 saturated heterocycles. The average Bonchev–Trinajstić information content (AvgIpc) is 2.49. The van der Waals surface area contributed by atoms with Crippen LogP contribution in [0.4, 0.5) is 0 Å². The average molecular weight is 167 g/mol. The van der Waals surface area contributed by atoms with E-state index in [1.807, 2.05) is 6.92 Å². The van der Waals surface area contributed by atoms with Crippen molar-refractivity contribution in [3.8, 4) is 0 Å². The Labute approximate surface area is 74.0 Å². The number of aliphatic hydroxyl groups is 1. The lowest BCUT2D eigenvalue weighted by Crippen LogP contribution is -2.27. The van der Waals surface area contributed by atoms with Gasteiger partial charge in [0.25, 0.3) is 0 Å². The molecule has 0 saturated carbocycles. The molecule has 1 unspecified atom stereocenters. The lowest BCUT2D eigenvalue weighted by atomic mass is 9.87. The number of nitrogens with one attached hydrogen (secondary N) is 1. The van der Waals surface area contributed by atoms with Crippen molar-refractivity contribution in [1.29, 1.82) is 0 Å². The van der Waals surface area contributed by atoms with Crippen LogP contribution in [0.5, 0.6) is 0 Å². The third-order valence-electron chi connectivity index (χ3n) is 2.56. The first-order chi connectivity index (χ1) is 5.63. The van der Waals surface area contributed by atoms with E-state index >= 15 is 0 Å². The minimum atomic E-state index is -0.0473. The first-order valence-electron chi connectivity index (χ1n) is 4.37. The summed E-state index contributed by atoms with van der Waals surface area (Å²) in [6.07, 6.45) is 3.07. The molecule has 1 aliphatic heterocycles. The van der Waals surface area contributed by atoms with Crippen molar-refractivity contribution in [2.24, 2.45) is 5.41 Å². The van der Waals surface area contributed by atoms with Crippen molar-refractivity contribution in [3.63, 3.8) is 0 Å². The first kappa shape index (κ1) is 9.33. The van der Waals surface area contributed by atoms with Gasteiger partial charge in [0, 0.05) is 17.7 Å². The fourth-order valence-corrected chi connectivity index (χ4v) is 1.39.